The molecule has 4 heteroatoms. The predicted octanol–water partition coefficient (Wildman–Crippen LogP) is 3.80. The van der Waals surface area contributed by atoms with Gasteiger partial charge in [-0.2, -0.15) is 13.2 Å². The van der Waals surface area contributed by atoms with E-state index >= 15 is 0 Å². The Hall–Kier alpha value is -1.29. The van der Waals surface area contributed by atoms with Crippen LogP contribution in [0.25, 0.3) is 0 Å². The minimum absolute atomic E-state index is 0.113. The lowest BCUT2D eigenvalue weighted by molar-refractivity contribution is -0.137. The molecule has 0 bridgehead atoms. The molecule has 1 heterocycles. The number of halogens is 3. The van der Waals surface area contributed by atoms with Crippen molar-refractivity contribution in [3.05, 3.63) is 48.0 Å². The van der Waals surface area contributed by atoms with Gasteiger partial charge in [0.2, 0.25) is 0 Å². The molecule has 0 unspecified atom stereocenters. The van der Waals surface area contributed by atoms with Crippen LogP contribution in [0.3, 0.4) is 0 Å². The topological polar surface area (TPSA) is 12.0 Å². The van der Waals surface area contributed by atoms with Gasteiger partial charge < -0.3 is 5.32 Å². The van der Waals surface area contributed by atoms with Gasteiger partial charge in [-0.05, 0) is 48.9 Å². The molecule has 0 aliphatic carbocycles. The van der Waals surface area contributed by atoms with Gasteiger partial charge in [0, 0.05) is 6.54 Å². The first-order valence-corrected chi connectivity index (χ1v) is 6.43. The Morgan fingerprint density at radius 3 is 2.42 bits per heavy atom. The second-order valence-corrected chi connectivity index (χ2v) is 5.29. The molecule has 0 aromatic heterocycles. The summed E-state index contributed by atoms with van der Waals surface area (Å²) in [6.45, 7) is 5.65. The fourth-order valence-electron chi connectivity index (χ4n) is 2.74. The highest BCUT2D eigenvalue weighted by Gasteiger charge is 2.33. The van der Waals surface area contributed by atoms with Crippen LogP contribution in [0.2, 0.25) is 0 Å². The van der Waals surface area contributed by atoms with Crippen LogP contribution in [0, 0.1) is 5.41 Å². The van der Waals surface area contributed by atoms with Crippen molar-refractivity contribution < 1.29 is 13.2 Å². The summed E-state index contributed by atoms with van der Waals surface area (Å²) in [7, 11) is 0. The molecule has 2 rings (SSSR count). The second kappa shape index (κ2) is 5.37. The average molecular weight is 269 g/mol. The van der Waals surface area contributed by atoms with Crippen LogP contribution < -0.4 is 5.32 Å². The van der Waals surface area contributed by atoms with Crippen LogP contribution in [-0.2, 0) is 12.6 Å². The largest absolute Gasteiger partial charge is 0.416 e. The molecular weight excluding hydrogens is 251 g/mol. The van der Waals surface area contributed by atoms with Crippen LogP contribution in [0.15, 0.2) is 36.9 Å². The highest BCUT2D eigenvalue weighted by molar-refractivity contribution is 5.26. The number of allylic oxidation sites excluding steroid dienone is 1. The van der Waals surface area contributed by atoms with E-state index in [1.807, 2.05) is 6.08 Å². The Kier molecular flexibility index (Phi) is 3.99. The average Bonchev–Trinajstić information content (AvgIpc) is 2.77. The zero-order valence-electron chi connectivity index (χ0n) is 10.8. The molecule has 0 radical (unpaired) electrons. The first-order chi connectivity index (χ1) is 8.95. The third-order valence-electron chi connectivity index (χ3n) is 3.77. The van der Waals surface area contributed by atoms with Gasteiger partial charge in [-0.3, -0.25) is 0 Å². The molecule has 0 amide bonds. The molecule has 1 nitrogen and oxygen atoms in total. The van der Waals surface area contributed by atoms with E-state index in [4.69, 9.17) is 0 Å². The second-order valence-electron chi connectivity index (χ2n) is 5.29. The SMILES string of the molecule is C=CC[C@]1(Cc2ccc(C(F)(F)F)cc2)CCNC1. The summed E-state index contributed by atoms with van der Waals surface area (Å²) in [6, 6.07) is 5.51. The van der Waals surface area contributed by atoms with E-state index < -0.39 is 11.7 Å². The maximum absolute atomic E-state index is 12.5. The van der Waals surface area contributed by atoms with Crippen molar-refractivity contribution in [3.8, 4) is 0 Å². The minimum atomic E-state index is -4.26. The predicted molar refractivity (Wildman–Crippen MR) is 69.9 cm³/mol. The van der Waals surface area contributed by atoms with E-state index in [0.717, 1.165) is 37.9 Å². The molecule has 0 saturated carbocycles. The Balaban J connectivity index is 2.12. The quantitative estimate of drug-likeness (QED) is 0.820. The lowest BCUT2D eigenvalue weighted by Crippen LogP contribution is -2.26. The molecule has 1 fully saturated rings. The van der Waals surface area contributed by atoms with Gasteiger partial charge in [0.25, 0.3) is 0 Å². The molecule has 1 aromatic rings. The van der Waals surface area contributed by atoms with Gasteiger partial charge >= 0.3 is 6.18 Å². The number of alkyl halides is 3. The van der Waals surface area contributed by atoms with Crippen LogP contribution in [0.5, 0.6) is 0 Å². The van der Waals surface area contributed by atoms with E-state index in [9.17, 15) is 13.2 Å². The summed E-state index contributed by atoms with van der Waals surface area (Å²) in [6.07, 6.45) is 0.370. The smallest absolute Gasteiger partial charge is 0.316 e. The summed E-state index contributed by atoms with van der Waals surface area (Å²) in [4.78, 5) is 0. The normalized spacial score (nSPS) is 23.5. The van der Waals surface area contributed by atoms with E-state index in [1.54, 1.807) is 12.1 Å². The van der Waals surface area contributed by atoms with Crippen molar-refractivity contribution in [2.24, 2.45) is 5.41 Å². The maximum atomic E-state index is 12.5. The first kappa shape index (κ1) is 14.1. The molecule has 1 aliphatic heterocycles. The number of hydrogen-bond donors (Lipinski definition) is 1. The van der Waals surface area contributed by atoms with Crippen LogP contribution in [0.4, 0.5) is 13.2 Å². The molecule has 1 atom stereocenters. The molecule has 1 aliphatic rings. The fraction of sp³-hybridized carbons (Fsp3) is 0.467. The van der Waals surface area contributed by atoms with Crippen molar-refractivity contribution in [1.82, 2.24) is 5.32 Å². The van der Waals surface area contributed by atoms with Crippen molar-refractivity contribution in [3.63, 3.8) is 0 Å². The Morgan fingerprint density at radius 2 is 1.95 bits per heavy atom. The fourth-order valence-corrected chi connectivity index (χ4v) is 2.74. The number of rotatable bonds is 4. The van der Waals surface area contributed by atoms with E-state index in [0.29, 0.717) is 0 Å². The molecule has 1 saturated heterocycles. The van der Waals surface area contributed by atoms with Gasteiger partial charge in [0.1, 0.15) is 0 Å². The minimum Gasteiger partial charge on any atom is -0.316 e. The third kappa shape index (κ3) is 3.38. The monoisotopic (exact) mass is 269 g/mol. The van der Waals surface area contributed by atoms with Crippen LogP contribution >= 0.6 is 0 Å². The highest BCUT2D eigenvalue weighted by atomic mass is 19.4. The Bertz CT molecular complexity index is 428. The van der Waals surface area contributed by atoms with Crippen LogP contribution in [-0.4, -0.2) is 13.1 Å². The lowest BCUT2D eigenvalue weighted by Gasteiger charge is -2.27. The molecule has 0 spiro atoms. The van der Waals surface area contributed by atoms with E-state index in [-0.39, 0.29) is 5.41 Å². The summed E-state index contributed by atoms with van der Waals surface area (Å²) in [5.74, 6) is 0. The van der Waals surface area contributed by atoms with Crippen molar-refractivity contribution in [1.29, 1.82) is 0 Å². The van der Waals surface area contributed by atoms with Gasteiger partial charge in [-0.1, -0.05) is 18.2 Å². The summed E-state index contributed by atoms with van der Waals surface area (Å²) >= 11 is 0. The molecule has 1 aromatic carbocycles. The highest BCUT2D eigenvalue weighted by Crippen LogP contribution is 2.35. The van der Waals surface area contributed by atoms with E-state index in [2.05, 4.69) is 11.9 Å². The summed E-state index contributed by atoms with van der Waals surface area (Å²) in [5, 5.41) is 3.33. The van der Waals surface area contributed by atoms with Gasteiger partial charge in [0.05, 0.1) is 5.56 Å². The number of hydrogen-bond acceptors (Lipinski definition) is 1. The van der Waals surface area contributed by atoms with Gasteiger partial charge in [0.15, 0.2) is 0 Å². The standard InChI is InChI=1S/C15H18F3N/c1-2-7-14(8-9-19-11-14)10-12-3-5-13(6-4-12)15(16,17)18/h2-6,19H,1,7-11H2/t14-/m1/s1. The van der Waals surface area contributed by atoms with E-state index in [1.165, 1.54) is 12.1 Å². The zero-order chi connectivity index (χ0) is 13.9. The van der Waals surface area contributed by atoms with Crippen molar-refractivity contribution in [2.45, 2.75) is 25.4 Å². The molecular formula is C15H18F3N. The van der Waals surface area contributed by atoms with Crippen LogP contribution in [0.1, 0.15) is 24.0 Å². The number of benzene rings is 1. The summed E-state index contributed by atoms with van der Waals surface area (Å²) in [5.41, 5.74) is 0.485. The van der Waals surface area contributed by atoms with Crippen molar-refractivity contribution in [2.75, 3.05) is 13.1 Å². The molecule has 19 heavy (non-hydrogen) atoms. The van der Waals surface area contributed by atoms with Gasteiger partial charge in [-0.15, -0.1) is 6.58 Å². The lowest BCUT2D eigenvalue weighted by atomic mass is 9.78. The summed E-state index contributed by atoms with van der Waals surface area (Å²) < 4.78 is 37.5. The zero-order valence-corrected chi connectivity index (χ0v) is 10.8. The molecule has 104 valence electrons. The molecule has 1 N–H and O–H groups in total. The Morgan fingerprint density at radius 1 is 1.26 bits per heavy atom. The maximum Gasteiger partial charge on any atom is 0.416 e. The Labute approximate surface area is 111 Å². The third-order valence-corrected chi connectivity index (χ3v) is 3.77. The first-order valence-electron chi connectivity index (χ1n) is 6.43. The van der Waals surface area contributed by atoms with Crippen molar-refractivity contribution >= 4 is 0 Å². The van der Waals surface area contributed by atoms with Gasteiger partial charge in [-0.25, -0.2) is 0 Å². The number of nitrogens with one attached hydrogen (secondary N) is 1.